The Labute approximate surface area is 114 Å². The molecule has 0 radical (unpaired) electrons. The molecular formula is C15H21NO3. The fourth-order valence-corrected chi connectivity index (χ4v) is 2.46. The van der Waals surface area contributed by atoms with Gasteiger partial charge in [-0.15, -0.1) is 0 Å². The molecule has 19 heavy (non-hydrogen) atoms. The van der Waals surface area contributed by atoms with E-state index in [9.17, 15) is 5.21 Å². The number of methoxy groups -OCH3 is 2. The van der Waals surface area contributed by atoms with Gasteiger partial charge in [-0.25, -0.2) is 4.74 Å². The molecule has 0 N–H and O–H groups in total. The minimum absolute atomic E-state index is 0.296. The van der Waals surface area contributed by atoms with Crippen molar-refractivity contribution in [3.8, 4) is 0 Å². The molecular weight excluding hydrogens is 242 g/mol. The van der Waals surface area contributed by atoms with Gasteiger partial charge in [0.25, 0.3) is 0 Å². The van der Waals surface area contributed by atoms with Gasteiger partial charge < -0.3 is 14.7 Å². The van der Waals surface area contributed by atoms with E-state index in [4.69, 9.17) is 9.47 Å². The molecule has 0 saturated carbocycles. The molecule has 1 heterocycles. The van der Waals surface area contributed by atoms with Crippen molar-refractivity contribution < 1.29 is 14.2 Å². The Hall–Kier alpha value is -1.39. The average molecular weight is 263 g/mol. The van der Waals surface area contributed by atoms with Gasteiger partial charge in [0.05, 0.1) is 0 Å². The highest BCUT2D eigenvalue weighted by molar-refractivity contribution is 5.97. The van der Waals surface area contributed by atoms with Crippen molar-refractivity contribution in [2.45, 2.75) is 38.5 Å². The molecule has 0 aliphatic carbocycles. The Morgan fingerprint density at radius 2 is 1.74 bits per heavy atom. The molecule has 4 heteroatoms. The van der Waals surface area contributed by atoms with Gasteiger partial charge in [-0.1, -0.05) is 12.1 Å². The summed E-state index contributed by atoms with van der Waals surface area (Å²) in [5.41, 5.74) is 2.50. The van der Waals surface area contributed by atoms with Crippen LogP contribution in [0.2, 0.25) is 0 Å². The lowest BCUT2D eigenvalue weighted by molar-refractivity contribution is -0.530. The van der Waals surface area contributed by atoms with Crippen LogP contribution in [0.5, 0.6) is 0 Å². The summed E-state index contributed by atoms with van der Waals surface area (Å²) < 4.78 is 11.6. The highest BCUT2D eigenvalue weighted by Crippen LogP contribution is 2.27. The zero-order valence-corrected chi connectivity index (χ0v) is 12.0. The lowest BCUT2D eigenvalue weighted by Crippen LogP contribution is -2.29. The van der Waals surface area contributed by atoms with Crippen LogP contribution in [0.25, 0.3) is 0 Å². The highest BCUT2D eigenvalue weighted by atomic mass is 16.7. The molecule has 1 aliphatic rings. The minimum Gasteiger partial charge on any atom is -0.623 e. The Balaban J connectivity index is 2.27. The van der Waals surface area contributed by atoms with Crippen LogP contribution < -0.4 is 0 Å². The molecule has 0 bridgehead atoms. The maximum Gasteiger partial charge on any atom is 0.195 e. The molecule has 0 saturated heterocycles. The van der Waals surface area contributed by atoms with Crippen LogP contribution in [-0.4, -0.2) is 30.2 Å². The molecule has 0 fully saturated rings. The molecule has 104 valence electrons. The van der Waals surface area contributed by atoms with E-state index < -0.39 is 0 Å². The van der Waals surface area contributed by atoms with Gasteiger partial charge in [0.1, 0.15) is 0 Å². The Kier molecular flexibility index (Phi) is 3.92. The van der Waals surface area contributed by atoms with E-state index in [2.05, 4.69) is 0 Å². The van der Waals surface area contributed by atoms with Crippen molar-refractivity contribution in [3.63, 3.8) is 0 Å². The molecule has 0 spiro atoms. The molecule has 1 aromatic rings. The van der Waals surface area contributed by atoms with Crippen LogP contribution in [-0.2, 0) is 9.47 Å². The van der Waals surface area contributed by atoms with Crippen LogP contribution in [0, 0.1) is 5.21 Å². The molecule has 0 amide bonds. The lowest BCUT2D eigenvalue weighted by atomic mass is 10.0. The number of hydrogen-bond donors (Lipinski definition) is 0. The molecule has 0 atom stereocenters. The second-order valence-electron chi connectivity index (χ2n) is 5.48. The SMILES string of the molecule is COC(OC)c1ccc(C2=[N+]([O-])C(C)(C)CC2)cc1. The van der Waals surface area contributed by atoms with Crippen LogP contribution >= 0.6 is 0 Å². The van der Waals surface area contributed by atoms with Gasteiger partial charge in [-0.3, -0.25) is 0 Å². The van der Waals surface area contributed by atoms with Gasteiger partial charge in [-0.05, 0) is 12.1 Å². The summed E-state index contributed by atoms with van der Waals surface area (Å²) in [5.74, 6) is 0. The maximum absolute atomic E-state index is 12.2. The predicted molar refractivity (Wildman–Crippen MR) is 74.3 cm³/mol. The maximum atomic E-state index is 12.2. The fourth-order valence-electron chi connectivity index (χ4n) is 2.46. The van der Waals surface area contributed by atoms with Crippen molar-refractivity contribution in [3.05, 3.63) is 40.6 Å². The zero-order valence-electron chi connectivity index (χ0n) is 12.0. The van der Waals surface area contributed by atoms with E-state index in [0.717, 1.165) is 34.4 Å². The first kappa shape index (κ1) is 14.0. The van der Waals surface area contributed by atoms with Gasteiger partial charge >= 0.3 is 0 Å². The van der Waals surface area contributed by atoms with Crippen molar-refractivity contribution >= 4 is 5.71 Å². The largest absolute Gasteiger partial charge is 0.623 e. The minimum atomic E-state index is -0.359. The first-order valence-corrected chi connectivity index (χ1v) is 6.48. The second-order valence-corrected chi connectivity index (χ2v) is 5.48. The first-order chi connectivity index (χ1) is 8.99. The van der Waals surface area contributed by atoms with E-state index in [1.165, 1.54) is 0 Å². The van der Waals surface area contributed by atoms with E-state index in [1.807, 2.05) is 38.1 Å². The standard InChI is InChI=1S/C15H21NO3/c1-15(2)10-9-13(16(15)17)11-5-7-12(8-6-11)14(18-3)19-4/h5-8,14H,9-10H2,1-4H3. The zero-order chi connectivity index (χ0) is 14.0. The Morgan fingerprint density at radius 3 is 2.16 bits per heavy atom. The van der Waals surface area contributed by atoms with E-state index in [-0.39, 0.29) is 11.8 Å². The topological polar surface area (TPSA) is 44.5 Å². The van der Waals surface area contributed by atoms with Crippen molar-refractivity contribution in [1.82, 2.24) is 0 Å². The average Bonchev–Trinajstić information content (AvgIpc) is 2.67. The Bertz CT molecular complexity index is 473. The van der Waals surface area contributed by atoms with E-state index in [0.29, 0.717) is 0 Å². The molecule has 1 aliphatic heterocycles. The number of hydrogen-bond acceptors (Lipinski definition) is 3. The number of nitrogens with zero attached hydrogens (tertiary/aromatic N) is 1. The smallest absolute Gasteiger partial charge is 0.195 e. The quantitative estimate of drug-likeness (QED) is 0.476. The normalized spacial score (nSPS) is 18.4. The number of rotatable bonds is 4. The van der Waals surface area contributed by atoms with Crippen molar-refractivity contribution in [1.29, 1.82) is 0 Å². The van der Waals surface area contributed by atoms with Gasteiger partial charge in [0.15, 0.2) is 17.5 Å². The van der Waals surface area contributed by atoms with Crippen molar-refractivity contribution in [2.24, 2.45) is 0 Å². The predicted octanol–water partition coefficient (Wildman–Crippen LogP) is 2.85. The summed E-state index contributed by atoms with van der Waals surface area (Å²) in [5, 5.41) is 12.2. The van der Waals surface area contributed by atoms with Crippen LogP contribution in [0.1, 0.15) is 44.1 Å². The second kappa shape index (κ2) is 5.31. The summed E-state index contributed by atoms with van der Waals surface area (Å²) in [7, 11) is 3.21. The highest BCUT2D eigenvalue weighted by Gasteiger charge is 2.37. The molecule has 0 unspecified atom stereocenters. The fraction of sp³-hybridized carbons (Fsp3) is 0.533. The summed E-state index contributed by atoms with van der Waals surface area (Å²) in [4.78, 5) is 0. The van der Waals surface area contributed by atoms with Crippen LogP contribution in [0.4, 0.5) is 0 Å². The van der Waals surface area contributed by atoms with Crippen molar-refractivity contribution in [2.75, 3.05) is 14.2 Å². The summed E-state index contributed by atoms with van der Waals surface area (Å²) in [6.07, 6.45) is 1.36. The molecule has 1 aromatic carbocycles. The summed E-state index contributed by atoms with van der Waals surface area (Å²) in [6, 6.07) is 7.81. The van der Waals surface area contributed by atoms with Crippen LogP contribution in [0.3, 0.4) is 0 Å². The first-order valence-electron chi connectivity index (χ1n) is 6.48. The lowest BCUT2D eigenvalue weighted by Gasteiger charge is -2.18. The number of ether oxygens (including phenoxy) is 2. The molecule has 0 aromatic heterocycles. The van der Waals surface area contributed by atoms with E-state index in [1.54, 1.807) is 14.2 Å². The van der Waals surface area contributed by atoms with Gasteiger partial charge in [0.2, 0.25) is 0 Å². The van der Waals surface area contributed by atoms with Gasteiger partial charge in [0, 0.05) is 52.0 Å². The summed E-state index contributed by atoms with van der Waals surface area (Å²) in [6.45, 7) is 3.96. The summed E-state index contributed by atoms with van der Waals surface area (Å²) >= 11 is 0. The van der Waals surface area contributed by atoms with E-state index >= 15 is 0 Å². The molecule has 2 rings (SSSR count). The Morgan fingerprint density at radius 1 is 1.16 bits per heavy atom. The van der Waals surface area contributed by atoms with Gasteiger partial charge in [-0.2, -0.15) is 0 Å². The number of hydroxylamine groups is 1. The monoisotopic (exact) mass is 263 g/mol. The molecule has 4 nitrogen and oxygen atoms in total. The third-order valence-electron chi connectivity index (χ3n) is 3.71. The third kappa shape index (κ3) is 2.65. The number of benzene rings is 1. The van der Waals surface area contributed by atoms with Crippen LogP contribution in [0.15, 0.2) is 24.3 Å². The third-order valence-corrected chi connectivity index (χ3v) is 3.71.